The van der Waals surface area contributed by atoms with Gasteiger partial charge in [-0.15, -0.1) is 0 Å². The second-order valence-electron chi connectivity index (χ2n) is 2.22. The molecule has 1 aromatic rings. The number of hydrogen-bond acceptors (Lipinski definition) is 3. The minimum absolute atomic E-state index is 0. The van der Waals surface area contributed by atoms with Gasteiger partial charge in [0, 0.05) is 39.0 Å². The molecule has 1 radical (unpaired) electrons. The van der Waals surface area contributed by atoms with Gasteiger partial charge in [0.15, 0.2) is 0 Å². The Hall–Kier alpha value is -0.0561. The Labute approximate surface area is 103 Å². The van der Waals surface area contributed by atoms with Crippen LogP contribution in [0.5, 0.6) is 0 Å². The third-order valence-corrected chi connectivity index (χ3v) is 1.45. The molecule has 0 spiro atoms. The van der Waals surface area contributed by atoms with Crippen LogP contribution in [0.3, 0.4) is 0 Å². The first-order chi connectivity index (χ1) is 5.58. The second kappa shape index (κ2) is 5.63. The van der Waals surface area contributed by atoms with Gasteiger partial charge in [0.2, 0.25) is 0 Å². The van der Waals surface area contributed by atoms with Crippen LogP contribution in [0.25, 0.3) is 0 Å². The van der Waals surface area contributed by atoms with E-state index in [0.717, 1.165) is 6.26 Å². The number of rotatable bonds is 2. The summed E-state index contributed by atoms with van der Waals surface area (Å²) in [5.74, 6) is 0. The zero-order chi connectivity index (χ0) is 9.03. The number of aliphatic imine (C=N–C) groups is 1. The molecule has 3 nitrogen and oxygen atoms in total. The van der Waals surface area contributed by atoms with Crippen molar-refractivity contribution in [3.8, 4) is 0 Å². The molecule has 1 rings (SSSR count). The summed E-state index contributed by atoms with van der Waals surface area (Å²) in [6.07, 6.45) is 1.04. The average Bonchev–Trinajstić information content (AvgIpc) is 2.02. The zero-order valence-corrected chi connectivity index (χ0v) is 10.7. The second-order valence-corrected chi connectivity index (χ2v) is 3.95. The maximum absolute atomic E-state index is 10.6. The van der Waals surface area contributed by atoms with Gasteiger partial charge >= 0.3 is 0 Å². The minimum Gasteiger partial charge on any atom is -0.466 e. The molecule has 0 bridgehead atoms. The standard InChI is InChI=1S/C8H7NO2S.Y/c1-12(10,11)7-9-8-5-3-2-4-6-8;/h2-5H,1H3;/q-2;. The van der Waals surface area contributed by atoms with Crippen molar-refractivity contribution in [2.45, 2.75) is 0 Å². The van der Waals surface area contributed by atoms with Crippen molar-refractivity contribution >= 4 is 21.1 Å². The summed E-state index contributed by atoms with van der Waals surface area (Å²) in [6.45, 7) is 0. The quantitative estimate of drug-likeness (QED) is 0.458. The Morgan fingerprint density at radius 1 is 1.46 bits per heavy atom. The summed E-state index contributed by atoms with van der Waals surface area (Å²) in [6, 6.07) is 9.58. The monoisotopic (exact) mass is 270 g/mol. The Kier molecular flexibility index (Phi) is 5.60. The van der Waals surface area contributed by atoms with Crippen molar-refractivity contribution < 1.29 is 41.1 Å². The van der Waals surface area contributed by atoms with Crippen LogP contribution >= 0.6 is 0 Å². The van der Waals surface area contributed by atoms with Crippen LogP contribution in [0.1, 0.15) is 0 Å². The molecule has 0 atom stereocenters. The van der Waals surface area contributed by atoms with Gasteiger partial charge in [-0.2, -0.15) is 18.2 Å². The van der Waals surface area contributed by atoms with Gasteiger partial charge in [0.05, 0.1) is 0 Å². The van der Waals surface area contributed by atoms with Gasteiger partial charge < -0.3 is 4.99 Å². The van der Waals surface area contributed by atoms with Gasteiger partial charge in [-0.05, 0) is 5.55 Å². The van der Waals surface area contributed by atoms with Crippen LogP contribution in [0, 0.1) is 6.07 Å². The minimum atomic E-state index is -3.26. The van der Waals surface area contributed by atoms with Gasteiger partial charge in [-0.25, -0.2) is 20.2 Å². The molecule has 0 heterocycles. The van der Waals surface area contributed by atoms with Crippen molar-refractivity contribution in [1.29, 1.82) is 0 Å². The summed E-state index contributed by atoms with van der Waals surface area (Å²) >= 11 is 0. The summed E-state index contributed by atoms with van der Waals surface area (Å²) < 4.78 is 21.2. The predicted molar refractivity (Wildman–Crippen MR) is 47.2 cm³/mol. The Bertz CT molecular complexity index is 372. The summed E-state index contributed by atoms with van der Waals surface area (Å²) in [7, 11) is -3.26. The molecule has 0 N–H and O–H groups in total. The van der Waals surface area contributed by atoms with Crippen LogP contribution in [-0.4, -0.2) is 20.2 Å². The first kappa shape index (κ1) is 12.9. The normalized spacial score (nSPS) is 11.2. The zero-order valence-electron chi connectivity index (χ0n) is 7.06. The molecule has 0 aromatic heterocycles. The number of nitrogens with zero attached hydrogens (tertiary/aromatic N) is 1. The van der Waals surface area contributed by atoms with E-state index in [4.69, 9.17) is 0 Å². The number of benzene rings is 1. The molecule has 67 valence electrons. The molecular weight excluding hydrogens is 263 g/mol. The van der Waals surface area contributed by atoms with Crippen molar-refractivity contribution in [2.75, 3.05) is 6.26 Å². The number of para-hydroxylation sites is 1. The van der Waals surface area contributed by atoms with Crippen LogP contribution in [0.4, 0.5) is 5.69 Å². The van der Waals surface area contributed by atoms with Gasteiger partial charge in [0.25, 0.3) is 0 Å². The first-order valence-corrected chi connectivity index (χ1v) is 5.11. The first-order valence-electron chi connectivity index (χ1n) is 3.22. The molecule has 0 amide bonds. The van der Waals surface area contributed by atoms with Gasteiger partial charge in [-0.1, -0.05) is 0 Å². The van der Waals surface area contributed by atoms with E-state index in [1.54, 1.807) is 24.3 Å². The molecule has 5 heteroatoms. The Morgan fingerprint density at radius 2 is 2.15 bits per heavy atom. The Morgan fingerprint density at radius 3 is 2.62 bits per heavy atom. The molecular formula is C8H7NO2SY-2. The maximum atomic E-state index is 10.6. The molecule has 0 saturated carbocycles. The van der Waals surface area contributed by atoms with Gasteiger partial charge in [0.1, 0.15) is 9.84 Å². The number of sulfone groups is 1. The molecule has 13 heavy (non-hydrogen) atoms. The molecule has 0 unspecified atom stereocenters. The Balaban J connectivity index is 0.00000144. The number of hydrogen-bond donors (Lipinski definition) is 0. The van der Waals surface area contributed by atoms with Gasteiger partial charge in [-0.3, -0.25) is 6.07 Å². The summed E-state index contributed by atoms with van der Waals surface area (Å²) in [5, 5.41) is 0. The summed E-state index contributed by atoms with van der Waals surface area (Å²) in [4.78, 5) is 3.58. The maximum Gasteiger partial charge on any atom is 0.110 e. The van der Waals surface area contributed by atoms with E-state index in [2.05, 4.69) is 11.1 Å². The van der Waals surface area contributed by atoms with Crippen molar-refractivity contribution in [3.63, 3.8) is 0 Å². The van der Waals surface area contributed by atoms with E-state index in [1.165, 1.54) is 0 Å². The summed E-state index contributed by atoms with van der Waals surface area (Å²) in [5.41, 5.74) is 2.47. The fourth-order valence-corrected chi connectivity index (χ4v) is 0.850. The van der Waals surface area contributed by atoms with E-state index < -0.39 is 9.84 Å². The molecule has 0 saturated heterocycles. The topological polar surface area (TPSA) is 46.5 Å². The SMILES string of the molecule is CS(=O)(=O)[C-]=Nc1[c-]cccc1.[Y]. The largest absolute Gasteiger partial charge is 0.466 e. The van der Waals surface area contributed by atoms with Crippen molar-refractivity contribution in [1.82, 2.24) is 0 Å². The smallest absolute Gasteiger partial charge is 0.110 e. The van der Waals surface area contributed by atoms with E-state index in [-0.39, 0.29) is 32.7 Å². The van der Waals surface area contributed by atoms with Crippen molar-refractivity contribution in [2.24, 2.45) is 4.99 Å². The predicted octanol–water partition coefficient (Wildman–Crippen LogP) is 1.07. The van der Waals surface area contributed by atoms with E-state index in [0.29, 0.717) is 5.69 Å². The third-order valence-electron chi connectivity index (χ3n) is 1.02. The van der Waals surface area contributed by atoms with E-state index in [1.807, 2.05) is 5.55 Å². The van der Waals surface area contributed by atoms with Crippen molar-refractivity contribution in [3.05, 3.63) is 30.3 Å². The fraction of sp³-hybridized carbons (Fsp3) is 0.125. The van der Waals surface area contributed by atoms with Crippen LogP contribution in [0.15, 0.2) is 29.3 Å². The van der Waals surface area contributed by atoms with Crippen LogP contribution in [0.2, 0.25) is 0 Å². The van der Waals surface area contributed by atoms with Crippen LogP contribution < -0.4 is 0 Å². The average molecular weight is 270 g/mol. The molecule has 0 aliphatic heterocycles. The van der Waals surface area contributed by atoms with Crippen LogP contribution in [-0.2, 0) is 42.5 Å². The molecule has 0 aliphatic rings. The van der Waals surface area contributed by atoms with E-state index in [9.17, 15) is 8.42 Å². The fourth-order valence-electron chi connectivity index (χ4n) is 0.585. The molecule has 0 fully saturated rings. The molecule has 0 aliphatic carbocycles. The molecule has 1 aromatic carbocycles. The third kappa shape index (κ3) is 6.07. The van der Waals surface area contributed by atoms with E-state index >= 15 is 0 Å².